The number of nitrogens with zero attached hydrogens (tertiary/aromatic N) is 3. The van der Waals surface area contributed by atoms with E-state index in [0.717, 1.165) is 38.3 Å². The van der Waals surface area contributed by atoms with E-state index in [1.807, 2.05) is 6.07 Å². The first-order chi connectivity index (χ1) is 10.7. The summed E-state index contributed by atoms with van der Waals surface area (Å²) in [5.74, 6) is 0.768. The summed E-state index contributed by atoms with van der Waals surface area (Å²) in [7, 11) is 0. The highest BCUT2D eigenvalue weighted by atomic mass is 16.3. The van der Waals surface area contributed by atoms with Crippen LogP contribution in [0, 0.1) is 12.3 Å². The summed E-state index contributed by atoms with van der Waals surface area (Å²) in [6, 6.07) is 10.3. The highest BCUT2D eigenvalue weighted by molar-refractivity contribution is 5.32. The third-order valence-electron chi connectivity index (χ3n) is 4.66. The number of aromatic nitrogens is 2. The average Bonchev–Trinajstić information content (AvgIpc) is 2.58. The lowest BCUT2D eigenvalue weighted by Gasteiger charge is -2.42. The molecule has 1 aliphatic rings. The van der Waals surface area contributed by atoms with Gasteiger partial charge in [0.15, 0.2) is 0 Å². The molecule has 1 fully saturated rings. The summed E-state index contributed by atoms with van der Waals surface area (Å²) in [6.07, 6.45) is 6.56. The Morgan fingerprint density at radius 1 is 1.18 bits per heavy atom. The number of hydrogen-bond acceptors (Lipinski definition) is 4. The van der Waals surface area contributed by atoms with E-state index in [4.69, 9.17) is 0 Å². The fourth-order valence-corrected chi connectivity index (χ4v) is 3.37. The highest BCUT2D eigenvalue weighted by Crippen LogP contribution is 2.35. The number of hydrogen-bond donors (Lipinski definition) is 1. The van der Waals surface area contributed by atoms with Crippen molar-refractivity contribution in [3.05, 3.63) is 53.9 Å². The van der Waals surface area contributed by atoms with Crippen LogP contribution in [0.2, 0.25) is 0 Å². The van der Waals surface area contributed by atoms with Gasteiger partial charge in [0.1, 0.15) is 0 Å². The van der Waals surface area contributed by atoms with Crippen molar-refractivity contribution in [1.29, 1.82) is 0 Å². The predicted molar refractivity (Wildman–Crippen MR) is 87.9 cm³/mol. The molecule has 1 atom stereocenters. The molecule has 2 heterocycles. The average molecular weight is 297 g/mol. The van der Waals surface area contributed by atoms with Crippen LogP contribution in [-0.4, -0.2) is 34.8 Å². The number of aliphatic hydroxyl groups excluding tert-OH is 1. The Labute approximate surface area is 131 Å². The molecule has 0 saturated carbocycles. The second-order valence-electron chi connectivity index (χ2n) is 6.34. The first-order valence-corrected chi connectivity index (χ1v) is 7.90. The van der Waals surface area contributed by atoms with Gasteiger partial charge in [0.25, 0.3) is 0 Å². The molecule has 1 aliphatic heterocycles. The van der Waals surface area contributed by atoms with Crippen molar-refractivity contribution >= 4 is 5.95 Å². The van der Waals surface area contributed by atoms with Gasteiger partial charge in [0, 0.05) is 30.9 Å². The van der Waals surface area contributed by atoms with Gasteiger partial charge in [0.2, 0.25) is 5.95 Å². The second-order valence-corrected chi connectivity index (χ2v) is 6.34. The molecule has 1 saturated heterocycles. The molecule has 1 N–H and O–H groups in total. The van der Waals surface area contributed by atoms with E-state index in [0.29, 0.717) is 0 Å². The Morgan fingerprint density at radius 2 is 1.95 bits per heavy atom. The van der Waals surface area contributed by atoms with E-state index < -0.39 is 0 Å². The molecule has 0 bridgehead atoms. The Morgan fingerprint density at radius 3 is 2.68 bits per heavy atom. The van der Waals surface area contributed by atoms with Crippen LogP contribution < -0.4 is 4.90 Å². The van der Waals surface area contributed by atoms with Crippen molar-refractivity contribution in [1.82, 2.24) is 9.97 Å². The minimum atomic E-state index is -0.108. The van der Waals surface area contributed by atoms with Gasteiger partial charge >= 0.3 is 0 Å². The number of rotatable bonds is 4. The van der Waals surface area contributed by atoms with Crippen LogP contribution in [0.3, 0.4) is 0 Å². The largest absolute Gasteiger partial charge is 0.396 e. The SMILES string of the molecule is Cc1ccccc1C[C@]1(CO)CCCN(c2ncccn2)C1. The van der Waals surface area contributed by atoms with Crippen molar-refractivity contribution in [2.75, 3.05) is 24.6 Å². The Hall–Kier alpha value is -1.94. The minimum Gasteiger partial charge on any atom is -0.396 e. The molecule has 116 valence electrons. The molecule has 4 heteroatoms. The maximum absolute atomic E-state index is 10.1. The summed E-state index contributed by atoms with van der Waals surface area (Å²) < 4.78 is 0. The van der Waals surface area contributed by atoms with E-state index in [1.165, 1.54) is 11.1 Å². The van der Waals surface area contributed by atoms with Crippen LogP contribution in [0.25, 0.3) is 0 Å². The quantitative estimate of drug-likeness (QED) is 0.942. The fraction of sp³-hybridized carbons (Fsp3) is 0.444. The molecule has 0 radical (unpaired) electrons. The van der Waals surface area contributed by atoms with E-state index >= 15 is 0 Å². The molecule has 1 aromatic heterocycles. The van der Waals surface area contributed by atoms with E-state index in [2.05, 4.69) is 46.1 Å². The number of aliphatic hydroxyl groups is 1. The lowest BCUT2D eigenvalue weighted by Crippen LogP contribution is -2.47. The van der Waals surface area contributed by atoms with Crippen molar-refractivity contribution in [3.8, 4) is 0 Å². The lowest BCUT2D eigenvalue weighted by molar-refractivity contribution is 0.105. The summed E-state index contributed by atoms with van der Waals surface area (Å²) in [5.41, 5.74) is 2.51. The molecule has 0 amide bonds. The van der Waals surface area contributed by atoms with Crippen LogP contribution in [-0.2, 0) is 6.42 Å². The van der Waals surface area contributed by atoms with Gasteiger partial charge in [-0.2, -0.15) is 0 Å². The molecule has 0 spiro atoms. The van der Waals surface area contributed by atoms with Crippen molar-refractivity contribution in [3.63, 3.8) is 0 Å². The van der Waals surface area contributed by atoms with Gasteiger partial charge in [-0.1, -0.05) is 24.3 Å². The van der Waals surface area contributed by atoms with Crippen molar-refractivity contribution in [2.45, 2.75) is 26.2 Å². The number of aryl methyl sites for hydroxylation is 1. The molecule has 0 aliphatic carbocycles. The van der Waals surface area contributed by atoms with Gasteiger partial charge in [-0.05, 0) is 43.4 Å². The first kappa shape index (κ1) is 15.0. The maximum Gasteiger partial charge on any atom is 0.225 e. The summed E-state index contributed by atoms with van der Waals surface area (Å²) in [4.78, 5) is 10.9. The second kappa shape index (κ2) is 6.44. The molecule has 4 nitrogen and oxygen atoms in total. The van der Waals surface area contributed by atoms with Crippen molar-refractivity contribution < 1.29 is 5.11 Å². The molecule has 0 unspecified atom stereocenters. The molecular weight excluding hydrogens is 274 g/mol. The van der Waals surface area contributed by atoms with Crippen LogP contribution in [0.4, 0.5) is 5.95 Å². The lowest BCUT2D eigenvalue weighted by atomic mass is 9.75. The standard InChI is InChI=1S/C18H23N3O/c1-15-6-2-3-7-16(15)12-18(14-22)8-4-11-21(13-18)17-19-9-5-10-20-17/h2-3,5-7,9-10,22H,4,8,11-14H2,1H3/t18-/m1/s1. The van der Waals surface area contributed by atoms with Crippen LogP contribution in [0.5, 0.6) is 0 Å². The van der Waals surface area contributed by atoms with Gasteiger partial charge in [-0.15, -0.1) is 0 Å². The molecular formula is C18H23N3O. The number of piperidine rings is 1. The topological polar surface area (TPSA) is 49.2 Å². The zero-order valence-electron chi connectivity index (χ0n) is 13.1. The van der Waals surface area contributed by atoms with Gasteiger partial charge in [0.05, 0.1) is 6.61 Å². The van der Waals surface area contributed by atoms with E-state index in [1.54, 1.807) is 12.4 Å². The van der Waals surface area contributed by atoms with Crippen LogP contribution in [0.15, 0.2) is 42.7 Å². The summed E-state index contributed by atoms with van der Waals surface area (Å²) >= 11 is 0. The van der Waals surface area contributed by atoms with E-state index in [-0.39, 0.29) is 12.0 Å². The smallest absolute Gasteiger partial charge is 0.225 e. The third-order valence-corrected chi connectivity index (χ3v) is 4.66. The summed E-state index contributed by atoms with van der Waals surface area (Å²) in [6.45, 7) is 4.10. The van der Waals surface area contributed by atoms with E-state index in [9.17, 15) is 5.11 Å². The Balaban J connectivity index is 1.82. The third kappa shape index (κ3) is 3.12. The monoisotopic (exact) mass is 297 g/mol. The molecule has 1 aromatic carbocycles. The Kier molecular flexibility index (Phi) is 4.39. The van der Waals surface area contributed by atoms with Crippen LogP contribution in [0.1, 0.15) is 24.0 Å². The molecule has 3 rings (SSSR count). The molecule has 22 heavy (non-hydrogen) atoms. The van der Waals surface area contributed by atoms with Crippen LogP contribution >= 0.6 is 0 Å². The minimum absolute atomic E-state index is 0.108. The van der Waals surface area contributed by atoms with Gasteiger partial charge < -0.3 is 10.0 Å². The normalized spacial score (nSPS) is 21.8. The zero-order chi connectivity index (χ0) is 15.4. The predicted octanol–water partition coefficient (Wildman–Crippen LogP) is 2.61. The Bertz CT molecular complexity index is 617. The highest BCUT2D eigenvalue weighted by Gasteiger charge is 2.36. The summed E-state index contributed by atoms with van der Waals surface area (Å²) in [5, 5.41) is 10.1. The zero-order valence-corrected chi connectivity index (χ0v) is 13.1. The van der Waals surface area contributed by atoms with Crippen molar-refractivity contribution in [2.24, 2.45) is 5.41 Å². The first-order valence-electron chi connectivity index (χ1n) is 7.90. The maximum atomic E-state index is 10.1. The van der Waals surface area contributed by atoms with Gasteiger partial charge in [-0.25, -0.2) is 9.97 Å². The number of benzene rings is 1. The molecule has 2 aromatic rings. The number of anilines is 1. The van der Waals surface area contributed by atoms with Gasteiger partial charge in [-0.3, -0.25) is 0 Å². The fourth-order valence-electron chi connectivity index (χ4n) is 3.37.